The van der Waals surface area contributed by atoms with E-state index in [0.29, 0.717) is 6.10 Å². The third kappa shape index (κ3) is 4.31. The second-order valence-electron chi connectivity index (χ2n) is 5.43. The minimum absolute atomic E-state index is 0.120. The van der Waals surface area contributed by atoms with E-state index < -0.39 is 0 Å². The van der Waals surface area contributed by atoms with E-state index in [1.165, 1.54) is 0 Å². The molecule has 0 unspecified atom stereocenters. The van der Waals surface area contributed by atoms with Gasteiger partial charge in [0.2, 0.25) is 0 Å². The third-order valence-electron chi connectivity index (χ3n) is 2.38. The summed E-state index contributed by atoms with van der Waals surface area (Å²) in [7, 11) is 0. The van der Waals surface area contributed by atoms with Gasteiger partial charge in [-0.1, -0.05) is 26.8 Å². The first-order valence-corrected chi connectivity index (χ1v) is 5.97. The lowest BCUT2D eigenvalue weighted by atomic mass is 9.91. The lowest BCUT2D eigenvalue weighted by Crippen LogP contribution is -2.15. The third-order valence-corrected chi connectivity index (χ3v) is 2.38. The Morgan fingerprint density at radius 3 is 2.50 bits per heavy atom. The maximum absolute atomic E-state index is 5.53. The van der Waals surface area contributed by atoms with E-state index >= 15 is 0 Å². The van der Waals surface area contributed by atoms with Gasteiger partial charge < -0.3 is 4.74 Å². The van der Waals surface area contributed by atoms with E-state index in [-0.39, 0.29) is 5.41 Å². The molecule has 0 aliphatic carbocycles. The molecular weight excluding hydrogens is 198 g/mol. The van der Waals surface area contributed by atoms with Crippen LogP contribution in [0.15, 0.2) is 18.2 Å². The smallest absolute Gasteiger partial charge is 0.0525 e. The van der Waals surface area contributed by atoms with Crippen molar-refractivity contribution in [2.75, 3.05) is 6.61 Å². The van der Waals surface area contributed by atoms with Crippen molar-refractivity contribution < 1.29 is 4.74 Å². The van der Waals surface area contributed by atoms with Crippen LogP contribution >= 0.6 is 0 Å². The number of pyridine rings is 1. The zero-order valence-electron chi connectivity index (χ0n) is 11.1. The van der Waals surface area contributed by atoms with Gasteiger partial charge in [-0.25, -0.2) is 0 Å². The molecule has 1 aromatic heterocycles. The van der Waals surface area contributed by atoms with Crippen LogP contribution in [0.25, 0.3) is 0 Å². The van der Waals surface area contributed by atoms with Crippen molar-refractivity contribution in [3.8, 4) is 0 Å². The molecule has 2 nitrogen and oxygen atoms in total. The highest BCUT2D eigenvalue weighted by atomic mass is 16.5. The van der Waals surface area contributed by atoms with Crippen LogP contribution in [0.3, 0.4) is 0 Å². The normalized spacial score (nSPS) is 12.1. The molecule has 0 radical (unpaired) electrons. The van der Waals surface area contributed by atoms with Gasteiger partial charge in [0.1, 0.15) is 0 Å². The highest BCUT2D eigenvalue weighted by molar-refractivity contribution is 5.17. The number of aromatic nitrogens is 1. The predicted octanol–water partition coefficient (Wildman–Crippen LogP) is 3.35. The Labute approximate surface area is 99.0 Å². The Hall–Kier alpha value is -0.890. The molecule has 1 heterocycles. The van der Waals surface area contributed by atoms with Crippen molar-refractivity contribution in [3.63, 3.8) is 0 Å². The number of ether oxygens (including phenoxy) is 1. The largest absolute Gasteiger partial charge is 0.378 e. The van der Waals surface area contributed by atoms with Gasteiger partial charge in [0.05, 0.1) is 12.7 Å². The van der Waals surface area contributed by atoms with Crippen LogP contribution in [0, 0.1) is 0 Å². The van der Waals surface area contributed by atoms with E-state index in [2.05, 4.69) is 57.8 Å². The SMILES string of the molecule is CC(C)OCCc1cccc(C(C)(C)C)n1. The van der Waals surface area contributed by atoms with Crippen molar-refractivity contribution in [1.29, 1.82) is 0 Å². The van der Waals surface area contributed by atoms with E-state index in [4.69, 9.17) is 4.74 Å². The molecule has 0 aromatic carbocycles. The minimum atomic E-state index is 0.120. The molecule has 1 aromatic rings. The Bertz CT molecular complexity index is 326. The summed E-state index contributed by atoms with van der Waals surface area (Å²) in [6.45, 7) is 11.4. The van der Waals surface area contributed by atoms with Crippen molar-refractivity contribution in [1.82, 2.24) is 4.98 Å². The first-order chi connectivity index (χ1) is 7.39. The lowest BCUT2D eigenvalue weighted by molar-refractivity contribution is 0.0808. The number of hydrogen-bond donors (Lipinski definition) is 0. The van der Waals surface area contributed by atoms with Gasteiger partial charge in [0, 0.05) is 23.2 Å². The quantitative estimate of drug-likeness (QED) is 0.778. The molecule has 0 saturated heterocycles. The highest BCUT2D eigenvalue weighted by Crippen LogP contribution is 2.19. The van der Waals surface area contributed by atoms with Crippen LogP contribution in [0.2, 0.25) is 0 Å². The summed E-state index contributed by atoms with van der Waals surface area (Å²) >= 11 is 0. The maximum atomic E-state index is 5.53. The second-order valence-corrected chi connectivity index (χ2v) is 5.43. The standard InChI is InChI=1S/C14H23NO/c1-11(2)16-10-9-12-7-6-8-13(15-12)14(3,4)5/h6-8,11H,9-10H2,1-5H3. The van der Waals surface area contributed by atoms with Gasteiger partial charge in [0.25, 0.3) is 0 Å². The molecule has 0 aliphatic heterocycles. The average molecular weight is 221 g/mol. The van der Waals surface area contributed by atoms with Crippen molar-refractivity contribution in [2.45, 2.75) is 52.6 Å². The van der Waals surface area contributed by atoms with Crippen LogP contribution in [0.4, 0.5) is 0 Å². The van der Waals surface area contributed by atoms with Crippen molar-refractivity contribution in [3.05, 3.63) is 29.6 Å². The van der Waals surface area contributed by atoms with Crippen LogP contribution in [0.1, 0.15) is 46.0 Å². The molecule has 0 spiro atoms. The second kappa shape index (κ2) is 5.44. The van der Waals surface area contributed by atoms with Gasteiger partial charge in [-0.05, 0) is 26.0 Å². The zero-order valence-corrected chi connectivity index (χ0v) is 11.1. The van der Waals surface area contributed by atoms with Crippen LogP contribution < -0.4 is 0 Å². The highest BCUT2D eigenvalue weighted by Gasteiger charge is 2.15. The molecule has 0 N–H and O–H groups in total. The molecule has 90 valence electrons. The summed E-state index contributed by atoms with van der Waals surface area (Å²) in [5, 5.41) is 0. The molecule has 0 bridgehead atoms. The van der Waals surface area contributed by atoms with Gasteiger partial charge >= 0.3 is 0 Å². The average Bonchev–Trinajstić information content (AvgIpc) is 2.16. The Balaban J connectivity index is 2.61. The molecule has 0 amide bonds. The Morgan fingerprint density at radius 2 is 1.94 bits per heavy atom. The fourth-order valence-electron chi connectivity index (χ4n) is 1.44. The first kappa shape index (κ1) is 13.2. The van der Waals surface area contributed by atoms with E-state index in [1.807, 2.05) is 0 Å². The summed E-state index contributed by atoms with van der Waals surface area (Å²) in [6.07, 6.45) is 1.19. The molecule has 0 fully saturated rings. The molecule has 0 atom stereocenters. The van der Waals surface area contributed by atoms with Gasteiger partial charge in [-0.3, -0.25) is 4.98 Å². The topological polar surface area (TPSA) is 22.1 Å². The van der Waals surface area contributed by atoms with E-state index in [0.717, 1.165) is 24.4 Å². The fraction of sp³-hybridized carbons (Fsp3) is 0.643. The van der Waals surface area contributed by atoms with Crippen molar-refractivity contribution >= 4 is 0 Å². The predicted molar refractivity (Wildman–Crippen MR) is 67.7 cm³/mol. The molecular formula is C14H23NO. The van der Waals surface area contributed by atoms with Crippen LogP contribution in [-0.2, 0) is 16.6 Å². The first-order valence-electron chi connectivity index (χ1n) is 5.97. The van der Waals surface area contributed by atoms with Gasteiger partial charge in [-0.2, -0.15) is 0 Å². The van der Waals surface area contributed by atoms with Crippen LogP contribution in [-0.4, -0.2) is 17.7 Å². The summed E-state index contributed by atoms with van der Waals surface area (Å²) in [5.74, 6) is 0. The monoisotopic (exact) mass is 221 g/mol. The minimum Gasteiger partial charge on any atom is -0.378 e. The summed E-state index contributed by atoms with van der Waals surface area (Å²) in [5.41, 5.74) is 2.39. The van der Waals surface area contributed by atoms with Gasteiger partial charge in [-0.15, -0.1) is 0 Å². The summed E-state index contributed by atoms with van der Waals surface area (Å²) in [6, 6.07) is 6.24. The van der Waals surface area contributed by atoms with E-state index in [1.54, 1.807) is 0 Å². The molecule has 0 saturated carbocycles. The molecule has 1 rings (SSSR count). The number of nitrogens with zero attached hydrogens (tertiary/aromatic N) is 1. The number of hydrogen-bond acceptors (Lipinski definition) is 2. The Morgan fingerprint density at radius 1 is 1.25 bits per heavy atom. The van der Waals surface area contributed by atoms with Crippen LogP contribution in [0.5, 0.6) is 0 Å². The summed E-state index contributed by atoms with van der Waals surface area (Å²) in [4.78, 5) is 4.66. The van der Waals surface area contributed by atoms with Gasteiger partial charge in [0.15, 0.2) is 0 Å². The Kier molecular flexibility index (Phi) is 4.48. The summed E-state index contributed by atoms with van der Waals surface area (Å²) < 4.78 is 5.53. The maximum Gasteiger partial charge on any atom is 0.0525 e. The van der Waals surface area contributed by atoms with Crippen molar-refractivity contribution in [2.24, 2.45) is 0 Å². The lowest BCUT2D eigenvalue weighted by Gasteiger charge is -2.18. The molecule has 0 aliphatic rings. The van der Waals surface area contributed by atoms with E-state index in [9.17, 15) is 0 Å². The number of rotatable bonds is 4. The molecule has 2 heteroatoms. The zero-order chi connectivity index (χ0) is 12.2. The fourth-order valence-corrected chi connectivity index (χ4v) is 1.44. The molecule has 16 heavy (non-hydrogen) atoms.